The maximum Gasteiger partial charge on any atom is 0.472 e. The molecule has 0 amide bonds. The SMILES string of the molecule is CC/C=C\C/C=C\C/C=C\C/C=C\C/C=C\C/C=C\CCCCCCC(=O)OCC(COP(=O)(O)OCC(O)COP(=O)(O)OCC(O)COC(=O)CCCCCCCCCCCCCCCCCCCCC/C=C\C/C=C\C/C=C\C/C=C\CCCCC)OC(=O)CCCCCCC/C=C\C/C=C\C/C=C\C/C=C\C/C=C\CC. The zero-order valence-electron chi connectivity index (χ0n) is 72.1. The molecule has 18 heteroatoms. The summed E-state index contributed by atoms with van der Waals surface area (Å²) >= 11 is 0. The third-order valence-corrected chi connectivity index (χ3v) is 20.5. The lowest BCUT2D eigenvalue weighted by molar-refractivity contribution is -0.161. The number of phosphoric acid groups is 2. The molecule has 656 valence electrons. The first kappa shape index (κ1) is 110. The number of aliphatic hydroxyl groups excluding tert-OH is 2. The number of carbonyl (C=O) groups is 3. The Labute approximate surface area is 700 Å². The Balaban J connectivity index is 4.56. The molecule has 5 atom stereocenters. The van der Waals surface area contributed by atoms with Crippen LogP contribution in [0.3, 0.4) is 0 Å². The molecule has 0 saturated heterocycles. The molecule has 4 N–H and O–H groups in total. The Hall–Kier alpha value is -5.35. The van der Waals surface area contributed by atoms with Crippen LogP contribution in [0.4, 0.5) is 0 Å². The van der Waals surface area contributed by atoms with Crippen molar-refractivity contribution in [3.05, 3.63) is 182 Å². The lowest BCUT2D eigenvalue weighted by Crippen LogP contribution is -2.30. The number of rotatable bonds is 84. The number of hydrogen-bond acceptors (Lipinski definition) is 14. The van der Waals surface area contributed by atoms with Gasteiger partial charge in [0.1, 0.15) is 25.4 Å². The second kappa shape index (κ2) is 87.9. The van der Waals surface area contributed by atoms with Crippen LogP contribution >= 0.6 is 15.6 Å². The molecule has 16 nitrogen and oxygen atoms in total. The van der Waals surface area contributed by atoms with Crippen LogP contribution in [-0.2, 0) is 55.8 Å². The highest BCUT2D eigenvalue weighted by Crippen LogP contribution is 2.45. The van der Waals surface area contributed by atoms with Crippen molar-refractivity contribution < 1.29 is 75.8 Å². The highest BCUT2D eigenvalue weighted by atomic mass is 31.2. The number of allylic oxidation sites excluding steroid dienone is 30. The van der Waals surface area contributed by atoms with Crippen LogP contribution in [0.1, 0.15) is 355 Å². The van der Waals surface area contributed by atoms with Crippen LogP contribution in [0.5, 0.6) is 0 Å². The molecule has 5 unspecified atom stereocenters. The Morgan fingerprint density at radius 1 is 0.252 bits per heavy atom. The summed E-state index contributed by atoms with van der Waals surface area (Å²) in [6.07, 6.45) is 115. The number of carbonyl (C=O) groups excluding carboxylic acids is 3. The minimum atomic E-state index is -4.96. The van der Waals surface area contributed by atoms with E-state index in [1.807, 2.05) is 0 Å². The first-order valence-electron chi connectivity index (χ1n) is 45.1. The molecule has 0 rings (SSSR count). The number of ether oxygens (including phenoxy) is 3. The minimum Gasteiger partial charge on any atom is -0.463 e. The molecule has 0 aromatic heterocycles. The predicted molar refractivity (Wildman–Crippen MR) is 481 cm³/mol. The van der Waals surface area contributed by atoms with Gasteiger partial charge < -0.3 is 34.2 Å². The monoisotopic (exact) mass is 1650 g/mol. The summed E-state index contributed by atoms with van der Waals surface area (Å²) in [6, 6.07) is 0. The molecule has 0 aliphatic rings. The van der Waals surface area contributed by atoms with Gasteiger partial charge in [0.15, 0.2) is 6.10 Å². The van der Waals surface area contributed by atoms with E-state index in [1.165, 1.54) is 128 Å². The molecular formula is C97H162O16P2. The summed E-state index contributed by atoms with van der Waals surface area (Å²) in [7, 11) is -9.83. The molecule has 0 spiro atoms. The molecule has 0 radical (unpaired) electrons. The van der Waals surface area contributed by atoms with Crippen LogP contribution in [0.15, 0.2) is 182 Å². The second-order valence-corrected chi connectivity index (χ2v) is 32.5. The number of hydrogen-bond donors (Lipinski definition) is 4. The van der Waals surface area contributed by atoms with Gasteiger partial charge in [-0.3, -0.25) is 32.5 Å². The summed E-state index contributed by atoms with van der Waals surface area (Å²) in [5.74, 6) is -1.63. The molecule has 0 aromatic rings. The van der Waals surface area contributed by atoms with E-state index in [1.54, 1.807) is 0 Å². The van der Waals surface area contributed by atoms with Gasteiger partial charge >= 0.3 is 33.6 Å². The zero-order chi connectivity index (χ0) is 83.6. The van der Waals surface area contributed by atoms with E-state index in [-0.39, 0.29) is 19.3 Å². The van der Waals surface area contributed by atoms with Gasteiger partial charge in [-0.2, -0.15) is 0 Å². The van der Waals surface area contributed by atoms with Crippen molar-refractivity contribution in [2.75, 3.05) is 39.6 Å². The lowest BCUT2D eigenvalue weighted by atomic mass is 10.0. The minimum absolute atomic E-state index is 0.0695. The number of esters is 3. The van der Waals surface area contributed by atoms with Crippen molar-refractivity contribution >= 4 is 33.6 Å². The average Bonchev–Trinajstić information content (AvgIpc) is 0.903. The Bertz CT molecular complexity index is 2820. The fraction of sp³-hybridized carbons (Fsp3) is 0.660. The second-order valence-electron chi connectivity index (χ2n) is 29.6. The summed E-state index contributed by atoms with van der Waals surface area (Å²) in [4.78, 5) is 58.9. The first-order chi connectivity index (χ1) is 56.2. The highest BCUT2D eigenvalue weighted by molar-refractivity contribution is 7.47. The van der Waals surface area contributed by atoms with Crippen LogP contribution < -0.4 is 0 Å². The number of unbranched alkanes of at least 4 members (excludes halogenated alkanes) is 31. The van der Waals surface area contributed by atoms with Crippen molar-refractivity contribution in [1.82, 2.24) is 0 Å². The topological polar surface area (TPSA) is 231 Å². The third-order valence-electron chi connectivity index (χ3n) is 18.6. The lowest BCUT2D eigenvalue weighted by Gasteiger charge is -2.21. The first-order valence-corrected chi connectivity index (χ1v) is 48.1. The quantitative estimate of drug-likeness (QED) is 0.0146. The van der Waals surface area contributed by atoms with E-state index in [9.17, 15) is 43.5 Å². The smallest absolute Gasteiger partial charge is 0.463 e. The van der Waals surface area contributed by atoms with E-state index < -0.39 is 91.5 Å². The fourth-order valence-electron chi connectivity index (χ4n) is 11.8. The summed E-state index contributed by atoms with van der Waals surface area (Å²) < 4.78 is 61.4. The molecule has 0 saturated carbocycles. The summed E-state index contributed by atoms with van der Waals surface area (Å²) in [5, 5.41) is 20.7. The normalized spacial score (nSPS) is 14.7. The van der Waals surface area contributed by atoms with Crippen LogP contribution in [0.2, 0.25) is 0 Å². The van der Waals surface area contributed by atoms with Crippen molar-refractivity contribution in [3.8, 4) is 0 Å². The van der Waals surface area contributed by atoms with Crippen LogP contribution in [0.25, 0.3) is 0 Å². The van der Waals surface area contributed by atoms with E-state index in [0.29, 0.717) is 19.3 Å². The standard InChI is InChI=1S/C97H162O16P2/c1-4-7-10-13-16-19-22-25-28-31-34-37-39-40-41-42-43-44-45-46-47-48-49-50-52-55-56-59-62-65-68-71-74-77-80-83-95(100)107-86-92(98)87-109-114(103,104)110-88-93(99)89-111-115(105,106)112-91-94(113-97(102)85-82-79-76-73-70-67-64-61-58-53-36-33-30-27-24-21-18-15-12-9-6-3)90-108-96(101)84-81-78-75-72-69-66-63-60-57-54-51-38-35-32-29-26-23-20-17-14-11-8-5-2/h8-9,11-12,16-21,25-30,34-38,40-41,53-54,57,61,63-64,66,92-94,98-99H,4-7,10,13-15,22-24,31-33,39,42-52,55-56,58-60,62,65,67-91H2,1-3H3,(H,103,104)(H,105,106)/b11-8-,12-9-,19-16-,20-17-,21-18-,28-25-,29-26-,30-27-,37-34-,38-35-,41-40-,53-36-,57-54-,64-61-,66-63-. The van der Waals surface area contributed by atoms with E-state index >= 15 is 0 Å². The molecule has 0 bridgehead atoms. The van der Waals surface area contributed by atoms with Gasteiger partial charge in [0.25, 0.3) is 0 Å². The number of aliphatic hydroxyl groups is 2. The molecule has 0 heterocycles. The average molecular weight is 1650 g/mol. The summed E-state index contributed by atoms with van der Waals surface area (Å²) in [6.45, 7) is 2.39. The van der Waals surface area contributed by atoms with Crippen molar-refractivity contribution in [3.63, 3.8) is 0 Å². The maximum absolute atomic E-state index is 13.0. The van der Waals surface area contributed by atoms with Crippen molar-refractivity contribution in [1.29, 1.82) is 0 Å². The van der Waals surface area contributed by atoms with Gasteiger partial charge in [-0.1, -0.05) is 357 Å². The molecule has 115 heavy (non-hydrogen) atoms. The molecule has 0 aromatic carbocycles. The predicted octanol–water partition coefficient (Wildman–Crippen LogP) is 27.7. The van der Waals surface area contributed by atoms with Gasteiger partial charge in [-0.15, -0.1) is 0 Å². The maximum atomic E-state index is 13.0. The van der Waals surface area contributed by atoms with Crippen molar-refractivity contribution in [2.45, 2.75) is 373 Å². The Kier molecular flexibility index (Phi) is 83.9. The summed E-state index contributed by atoms with van der Waals surface area (Å²) in [5.41, 5.74) is 0. The molecule has 0 aliphatic carbocycles. The van der Waals surface area contributed by atoms with Crippen molar-refractivity contribution in [2.24, 2.45) is 0 Å². The molecular weight excluding hydrogens is 1480 g/mol. The van der Waals surface area contributed by atoms with Gasteiger partial charge in [0.2, 0.25) is 0 Å². The van der Waals surface area contributed by atoms with Gasteiger partial charge in [-0.05, 0) is 161 Å². The fourth-order valence-corrected chi connectivity index (χ4v) is 13.4. The molecule has 0 fully saturated rings. The van der Waals surface area contributed by atoms with E-state index in [0.717, 1.165) is 167 Å². The largest absolute Gasteiger partial charge is 0.472 e. The Morgan fingerprint density at radius 3 is 0.730 bits per heavy atom. The highest BCUT2D eigenvalue weighted by Gasteiger charge is 2.29. The van der Waals surface area contributed by atoms with Gasteiger partial charge in [-0.25, -0.2) is 9.13 Å². The Morgan fingerprint density at radius 2 is 0.461 bits per heavy atom. The van der Waals surface area contributed by atoms with Gasteiger partial charge in [0, 0.05) is 19.3 Å². The number of phosphoric ester groups is 2. The van der Waals surface area contributed by atoms with E-state index in [2.05, 4.69) is 203 Å². The third kappa shape index (κ3) is 89.3. The molecule has 0 aliphatic heterocycles. The van der Waals surface area contributed by atoms with Gasteiger partial charge in [0.05, 0.1) is 26.4 Å². The van der Waals surface area contributed by atoms with Crippen LogP contribution in [0, 0.1) is 0 Å². The van der Waals surface area contributed by atoms with E-state index in [4.69, 9.17) is 32.3 Å². The zero-order valence-corrected chi connectivity index (χ0v) is 73.9. The van der Waals surface area contributed by atoms with Crippen LogP contribution in [-0.4, -0.2) is 95.9 Å².